The molecule has 7 heteroatoms. The molecular weight excluding hydrogens is 349 g/mol. The molecule has 0 radical (unpaired) electrons. The van der Waals surface area contributed by atoms with E-state index in [1.807, 2.05) is 31.2 Å². The zero-order chi connectivity index (χ0) is 19.4. The number of amides is 1. The van der Waals surface area contributed by atoms with Gasteiger partial charge in [-0.05, 0) is 24.6 Å². The molecule has 27 heavy (non-hydrogen) atoms. The summed E-state index contributed by atoms with van der Waals surface area (Å²) >= 11 is 0. The Kier molecular flexibility index (Phi) is 5.30. The van der Waals surface area contributed by atoms with E-state index < -0.39 is 29.5 Å². The lowest BCUT2D eigenvalue weighted by atomic mass is 10.1. The Morgan fingerprint density at radius 2 is 1.74 bits per heavy atom. The fraction of sp³-hybridized carbons (Fsp3) is 0.150. The van der Waals surface area contributed by atoms with Crippen LogP contribution in [-0.4, -0.2) is 15.0 Å². The quantitative estimate of drug-likeness (QED) is 0.751. The number of carbonyl (C=O) groups is 1. The molecule has 0 aliphatic heterocycles. The van der Waals surface area contributed by atoms with Crippen LogP contribution < -0.4 is 16.6 Å². The number of anilines is 1. The van der Waals surface area contributed by atoms with Gasteiger partial charge in [0.1, 0.15) is 12.4 Å². The van der Waals surface area contributed by atoms with E-state index in [9.17, 15) is 18.8 Å². The zero-order valence-electron chi connectivity index (χ0n) is 14.7. The molecule has 1 N–H and O–H groups in total. The maximum absolute atomic E-state index is 13.6. The Balaban J connectivity index is 1.82. The lowest BCUT2D eigenvalue weighted by Crippen LogP contribution is -2.41. The van der Waals surface area contributed by atoms with Crippen LogP contribution in [-0.2, 0) is 17.9 Å². The molecule has 0 unspecified atom stereocenters. The average molecular weight is 367 g/mol. The largest absolute Gasteiger partial charge is 0.331 e. The number of nitrogens with zero attached hydrogens (tertiary/aromatic N) is 2. The van der Waals surface area contributed by atoms with Gasteiger partial charge in [-0.25, -0.2) is 9.18 Å². The molecule has 1 amide bonds. The first-order valence-electron chi connectivity index (χ1n) is 8.34. The lowest BCUT2D eigenvalue weighted by Gasteiger charge is -2.11. The molecule has 1 heterocycles. The molecule has 0 aliphatic carbocycles. The maximum atomic E-state index is 13.6. The first kappa shape index (κ1) is 18.3. The number of hydrogen-bond acceptors (Lipinski definition) is 3. The second-order valence-electron chi connectivity index (χ2n) is 6.16. The second kappa shape index (κ2) is 7.82. The topological polar surface area (TPSA) is 73.1 Å². The summed E-state index contributed by atoms with van der Waals surface area (Å²) in [7, 11) is 0. The van der Waals surface area contributed by atoms with Gasteiger partial charge in [-0.3, -0.25) is 18.7 Å². The summed E-state index contributed by atoms with van der Waals surface area (Å²) in [5.74, 6) is -1.25. The highest BCUT2D eigenvalue weighted by Crippen LogP contribution is 2.12. The molecule has 2 aromatic carbocycles. The van der Waals surface area contributed by atoms with Gasteiger partial charge in [0.05, 0.1) is 12.2 Å². The predicted octanol–water partition coefficient (Wildman–Crippen LogP) is 2.14. The number of nitrogens with one attached hydrogen (secondary N) is 1. The first-order valence-corrected chi connectivity index (χ1v) is 8.34. The number of para-hydroxylation sites is 1. The molecule has 0 atom stereocenters. The van der Waals surface area contributed by atoms with Crippen molar-refractivity contribution in [3.8, 4) is 0 Å². The molecule has 138 valence electrons. The van der Waals surface area contributed by atoms with Crippen molar-refractivity contribution in [3.63, 3.8) is 0 Å². The third kappa shape index (κ3) is 4.38. The van der Waals surface area contributed by atoms with Gasteiger partial charge in [-0.1, -0.05) is 42.0 Å². The van der Waals surface area contributed by atoms with Crippen molar-refractivity contribution in [2.24, 2.45) is 0 Å². The smallest absolute Gasteiger partial charge is 0.322 e. The van der Waals surface area contributed by atoms with Crippen LogP contribution in [0.2, 0.25) is 0 Å². The molecule has 0 bridgehead atoms. The van der Waals surface area contributed by atoms with Gasteiger partial charge in [-0.2, -0.15) is 0 Å². The van der Waals surface area contributed by atoms with E-state index in [0.717, 1.165) is 15.7 Å². The normalized spacial score (nSPS) is 10.6. The van der Waals surface area contributed by atoms with Gasteiger partial charge in [0.25, 0.3) is 5.56 Å². The fourth-order valence-electron chi connectivity index (χ4n) is 2.61. The number of hydrogen-bond donors (Lipinski definition) is 1. The summed E-state index contributed by atoms with van der Waals surface area (Å²) in [6, 6.07) is 14.5. The predicted molar refractivity (Wildman–Crippen MR) is 100 cm³/mol. The van der Waals surface area contributed by atoms with Crippen molar-refractivity contribution in [1.82, 2.24) is 9.13 Å². The number of rotatable bonds is 5. The summed E-state index contributed by atoms with van der Waals surface area (Å²) in [6.45, 7) is 1.74. The maximum Gasteiger partial charge on any atom is 0.331 e. The van der Waals surface area contributed by atoms with Gasteiger partial charge < -0.3 is 5.32 Å². The Morgan fingerprint density at radius 3 is 2.44 bits per heavy atom. The zero-order valence-corrected chi connectivity index (χ0v) is 14.7. The number of benzene rings is 2. The lowest BCUT2D eigenvalue weighted by molar-refractivity contribution is -0.116. The van der Waals surface area contributed by atoms with Gasteiger partial charge in [-0.15, -0.1) is 0 Å². The van der Waals surface area contributed by atoms with Crippen molar-refractivity contribution < 1.29 is 9.18 Å². The third-order valence-corrected chi connectivity index (χ3v) is 4.06. The van der Waals surface area contributed by atoms with Crippen molar-refractivity contribution in [3.05, 3.63) is 98.6 Å². The minimum Gasteiger partial charge on any atom is -0.322 e. The third-order valence-electron chi connectivity index (χ3n) is 4.06. The van der Waals surface area contributed by atoms with E-state index in [0.29, 0.717) is 0 Å². The molecular formula is C20H18FN3O3. The van der Waals surface area contributed by atoms with Gasteiger partial charge >= 0.3 is 5.69 Å². The van der Waals surface area contributed by atoms with E-state index in [2.05, 4.69) is 5.32 Å². The van der Waals surface area contributed by atoms with Crippen LogP contribution in [0, 0.1) is 12.7 Å². The molecule has 0 aliphatic rings. The number of aryl methyl sites for hydroxylation is 1. The Hall–Kier alpha value is -3.48. The Labute approximate surface area is 154 Å². The number of carbonyl (C=O) groups excluding carboxylic acids is 1. The van der Waals surface area contributed by atoms with E-state index in [1.165, 1.54) is 35.0 Å². The molecule has 0 saturated carbocycles. The van der Waals surface area contributed by atoms with Crippen LogP contribution in [0.15, 0.2) is 70.4 Å². The van der Waals surface area contributed by atoms with E-state index >= 15 is 0 Å². The molecule has 3 aromatic rings. The minimum atomic E-state index is -0.660. The van der Waals surface area contributed by atoms with Crippen molar-refractivity contribution in [1.29, 1.82) is 0 Å². The molecule has 0 fully saturated rings. The highest BCUT2D eigenvalue weighted by Gasteiger charge is 2.12. The monoisotopic (exact) mass is 367 g/mol. The number of aromatic nitrogens is 2. The van der Waals surface area contributed by atoms with Crippen LogP contribution in [0.3, 0.4) is 0 Å². The minimum absolute atomic E-state index is 0.00791. The van der Waals surface area contributed by atoms with E-state index in [-0.39, 0.29) is 12.2 Å². The Bertz CT molecular complexity index is 1080. The fourth-order valence-corrected chi connectivity index (χ4v) is 2.61. The number of halogens is 1. The van der Waals surface area contributed by atoms with Gasteiger partial charge in [0.15, 0.2) is 0 Å². The van der Waals surface area contributed by atoms with E-state index in [4.69, 9.17) is 0 Å². The summed E-state index contributed by atoms with van der Waals surface area (Å²) in [5.41, 5.74) is 0.784. The van der Waals surface area contributed by atoms with Crippen molar-refractivity contribution in [2.75, 3.05) is 5.32 Å². The van der Waals surface area contributed by atoms with Crippen LogP contribution >= 0.6 is 0 Å². The van der Waals surface area contributed by atoms with Crippen LogP contribution in [0.4, 0.5) is 10.1 Å². The van der Waals surface area contributed by atoms with Crippen molar-refractivity contribution >= 4 is 11.6 Å². The van der Waals surface area contributed by atoms with Crippen molar-refractivity contribution in [2.45, 2.75) is 20.0 Å². The summed E-state index contributed by atoms with van der Waals surface area (Å²) < 4.78 is 15.8. The van der Waals surface area contributed by atoms with Crippen LogP contribution in [0.5, 0.6) is 0 Å². The SMILES string of the molecule is Cc1ccc(Cn2ccc(=O)n(CC(=O)Nc3ccccc3F)c2=O)cc1. The molecule has 0 spiro atoms. The highest BCUT2D eigenvalue weighted by molar-refractivity contribution is 5.90. The standard InChI is InChI=1S/C20H18FN3O3/c1-14-6-8-15(9-7-14)12-23-11-10-19(26)24(20(23)27)13-18(25)22-17-5-3-2-4-16(17)21/h2-11H,12-13H2,1H3,(H,22,25). The summed E-state index contributed by atoms with van der Waals surface area (Å²) in [4.78, 5) is 36.8. The van der Waals surface area contributed by atoms with Crippen LogP contribution in [0.1, 0.15) is 11.1 Å². The molecule has 0 saturated heterocycles. The van der Waals surface area contributed by atoms with Crippen LogP contribution in [0.25, 0.3) is 0 Å². The molecule has 6 nitrogen and oxygen atoms in total. The van der Waals surface area contributed by atoms with E-state index in [1.54, 1.807) is 6.07 Å². The Morgan fingerprint density at radius 1 is 1.04 bits per heavy atom. The molecule has 1 aromatic heterocycles. The average Bonchev–Trinajstić information content (AvgIpc) is 2.65. The second-order valence-corrected chi connectivity index (χ2v) is 6.16. The summed E-state index contributed by atoms with van der Waals surface area (Å²) in [5, 5.41) is 2.37. The van der Waals surface area contributed by atoms with Gasteiger partial charge in [0, 0.05) is 12.3 Å². The first-order chi connectivity index (χ1) is 12.9. The highest BCUT2D eigenvalue weighted by atomic mass is 19.1. The molecule has 3 rings (SSSR count). The summed E-state index contributed by atoms with van der Waals surface area (Å²) in [6.07, 6.45) is 1.40. The van der Waals surface area contributed by atoms with Gasteiger partial charge in [0.2, 0.25) is 5.91 Å².